The number of hydrogen-bond acceptors (Lipinski definition) is 4. The zero-order chi connectivity index (χ0) is 11.9. The van der Waals surface area contributed by atoms with E-state index in [4.69, 9.17) is 4.42 Å². The molecule has 5 nitrogen and oxygen atoms in total. The topological polar surface area (TPSA) is 47.1 Å². The van der Waals surface area contributed by atoms with Crippen LogP contribution in [0, 0.1) is 0 Å². The summed E-state index contributed by atoms with van der Waals surface area (Å²) >= 11 is 0. The molecule has 1 saturated heterocycles. The number of rotatable bonds is 4. The fourth-order valence-corrected chi connectivity index (χ4v) is 2.48. The second-order valence-corrected chi connectivity index (χ2v) is 5.26. The lowest BCUT2D eigenvalue weighted by Gasteiger charge is -2.38. The Bertz CT molecular complexity index is 523. The summed E-state index contributed by atoms with van der Waals surface area (Å²) in [5.41, 5.74) is 0. The van der Waals surface area contributed by atoms with E-state index in [1.165, 1.54) is 12.8 Å². The highest BCUT2D eigenvalue weighted by Gasteiger charge is 2.31. The van der Waals surface area contributed by atoms with Gasteiger partial charge >= 0.3 is 0 Å². The highest BCUT2D eigenvalue weighted by atomic mass is 16.4. The first kappa shape index (κ1) is 10.3. The van der Waals surface area contributed by atoms with Gasteiger partial charge in [-0.25, -0.2) is 4.98 Å². The molecule has 1 saturated carbocycles. The third kappa shape index (κ3) is 1.84. The van der Waals surface area contributed by atoms with Gasteiger partial charge in [0.2, 0.25) is 5.89 Å². The number of oxazole rings is 1. The summed E-state index contributed by atoms with van der Waals surface area (Å²) in [6.45, 7) is 2.89. The molecule has 3 heterocycles. The molecule has 5 heteroatoms. The summed E-state index contributed by atoms with van der Waals surface area (Å²) in [5, 5.41) is 4.27. The maximum atomic E-state index is 5.76. The Morgan fingerprint density at radius 1 is 1.33 bits per heavy atom. The van der Waals surface area contributed by atoms with Crippen LogP contribution in [-0.2, 0) is 6.54 Å². The van der Waals surface area contributed by atoms with Gasteiger partial charge in [-0.3, -0.25) is 9.58 Å². The average Bonchev–Trinajstić information content (AvgIpc) is 2.87. The number of aromatic nitrogens is 3. The van der Waals surface area contributed by atoms with E-state index in [-0.39, 0.29) is 0 Å². The van der Waals surface area contributed by atoms with Crippen LogP contribution in [0.2, 0.25) is 0 Å². The molecule has 94 valence electrons. The van der Waals surface area contributed by atoms with Crippen molar-refractivity contribution in [1.82, 2.24) is 19.7 Å². The van der Waals surface area contributed by atoms with Crippen molar-refractivity contribution in [2.75, 3.05) is 13.1 Å². The van der Waals surface area contributed by atoms with Gasteiger partial charge in [0.25, 0.3) is 0 Å². The van der Waals surface area contributed by atoms with E-state index in [2.05, 4.69) is 15.0 Å². The molecule has 0 unspecified atom stereocenters. The zero-order valence-corrected chi connectivity index (χ0v) is 10.2. The first-order chi connectivity index (χ1) is 8.88. The first-order valence-electron chi connectivity index (χ1n) is 6.54. The standard InChI is InChI=1S/C13H16N4O/c1-4-15-17(5-1)11-7-16(8-11)9-13-14-6-12(18-13)10-2-3-10/h1,4-6,10-11H,2-3,7-9H2. The van der Waals surface area contributed by atoms with Gasteiger partial charge in [0.05, 0.1) is 18.8 Å². The molecule has 2 fully saturated rings. The second-order valence-electron chi connectivity index (χ2n) is 5.26. The van der Waals surface area contributed by atoms with Crippen molar-refractivity contribution in [3.05, 3.63) is 36.3 Å². The Kier molecular flexibility index (Phi) is 2.26. The monoisotopic (exact) mass is 244 g/mol. The SMILES string of the molecule is c1cnn(C2CN(Cc3ncc(C4CC4)o3)C2)c1. The van der Waals surface area contributed by atoms with Crippen molar-refractivity contribution in [2.45, 2.75) is 31.3 Å². The zero-order valence-electron chi connectivity index (χ0n) is 10.2. The molecule has 18 heavy (non-hydrogen) atoms. The van der Waals surface area contributed by atoms with Gasteiger partial charge in [-0.05, 0) is 18.9 Å². The van der Waals surface area contributed by atoms with Crippen LogP contribution in [0.25, 0.3) is 0 Å². The summed E-state index contributed by atoms with van der Waals surface area (Å²) in [7, 11) is 0. The Morgan fingerprint density at radius 2 is 2.22 bits per heavy atom. The van der Waals surface area contributed by atoms with Gasteiger partial charge < -0.3 is 4.42 Å². The van der Waals surface area contributed by atoms with Gasteiger partial charge in [0.15, 0.2) is 0 Å². The summed E-state index contributed by atoms with van der Waals surface area (Å²) < 4.78 is 7.79. The van der Waals surface area contributed by atoms with Crippen LogP contribution in [0.15, 0.2) is 29.1 Å². The molecule has 0 aromatic carbocycles. The van der Waals surface area contributed by atoms with Crippen LogP contribution >= 0.6 is 0 Å². The van der Waals surface area contributed by atoms with E-state index >= 15 is 0 Å². The van der Waals surface area contributed by atoms with Crippen molar-refractivity contribution in [2.24, 2.45) is 0 Å². The van der Waals surface area contributed by atoms with Crippen molar-refractivity contribution in [3.8, 4) is 0 Å². The maximum absolute atomic E-state index is 5.76. The molecule has 0 bridgehead atoms. The van der Waals surface area contributed by atoms with E-state index in [1.54, 1.807) is 0 Å². The third-order valence-electron chi connectivity index (χ3n) is 3.75. The van der Waals surface area contributed by atoms with Crippen molar-refractivity contribution in [1.29, 1.82) is 0 Å². The van der Waals surface area contributed by atoms with Crippen LogP contribution in [-0.4, -0.2) is 32.8 Å². The Labute approximate surface area is 105 Å². The summed E-state index contributed by atoms with van der Waals surface area (Å²) in [4.78, 5) is 6.70. The van der Waals surface area contributed by atoms with Crippen LogP contribution in [0.1, 0.15) is 36.5 Å². The summed E-state index contributed by atoms with van der Waals surface area (Å²) in [6, 6.07) is 2.48. The van der Waals surface area contributed by atoms with Gasteiger partial charge in [-0.2, -0.15) is 5.10 Å². The van der Waals surface area contributed by atoms with Crippen molar-refractivity contribution < 1.29 is 4.42 Å². The van der Waals surface area contributed by atoms with E-state index in [1.807, 2.05) is 29.3 Å². The molecule has 2 aliphatic rings. The predicted molar refractivity (Wildman–Crippen MR) is 65.0 cm³/mol. The maximum Gasteiger partial charge on any atom is 0.208 e. The van der Waals surface area contributed by atoms with Crippen molar-refractivity contribution in [3.63, 3.8) is 0 Å². The molecular formula is C13H16N4O. The smallest absolute Gasteiger partial charge is 0.208 e. The second kappa shape index (κ2) is 3.95. The minimum absolute atomic E-state index is 0.512. The summed E-state index contributed by atoms with van der Waals surface area (Å²) in [6.07, 6.45) is 8.29. The Balaban J connectivity index is 1.33. The third-order valence-corrected chi connectivity index (χ3v) is 3.75. The molecule has 1 aliphatic heterocycles. The van der Waals surface area contributed by atoms with E-state index in [0.29, 0.717) is 12.0 Å². The minimum Gasteiger partial charge on any atom is -0.444 e. The number of likely N-dealkylation sites (tertiary alicyclic amines) is 1. The molecule has 2 aromatic rings. The quantitative estimate of drug-likeness (QED) is 0.823. The van der Waals surface area contributed by atoms with Gasteiger partial charge in [0.1, 0.15) is 5.76 Å². The molecule has 0 radical (unpaired) electrons. The van der Waals surface area contributed by atoms with E-state index in [0.717, 1.165) is 31.3 Å². The normalized spacial score (nSPS) is 21.1. The van der Waals surface area contributed by atoms with Crippen molar-refractivity contribution >= 4 is 0 Å². The van der Waals surface area contributed by atoms with Crippen LogP contribution in [0.5, 0.6) is 0 Å². The van der Waals surface area contributed by atoms with Crippen LogP contribution in [0.4, 0.5) is 0 Å². The average molecular weight is 244 g/mol. The predicted octanol–water partition coefficient (Wildman–Crippen LogP) is 1.81. The number of nitrogens with zero attached hydrogens (tertiary/aromatic N) is 4. The molecule has 0 spiro atoms. The number of hydrogen-bond donors (Lipinski definition) is 0. The lowest BCUT2D eigenvalue weighted by atomic mass is 10.1. The fraction of sp³-hybridized carbons (Fsp3) is 0.538. The van der Waals surface area contributed by atoms with Crippen LogP contribution in [0.3, 0.4) is 0 Å². The first-order valence-corrected chi connectivity index (χ1v) is 6.54. The van der Waals surface area contributed by atoms with Gasteiger partial charge in [-0.1, -0.05) is 0 Å². The molecule has 0 atom stereocenters. The molecule has 2 aromatic heterocycles. The lowest BCUT2D eigenvalue weighted by molar-refractivity contribution is 0.0811. The Hall–Kier alpha value is -1.62. The Morgan fingerprint density at radius 3 is 2.94 bits per heavy atom. The minimum atomic E-state index is 0.512. The van der Waals surface area contributed by atoms with Gasteiger partial charge in [0, 0.05) is 31.4 Å². The largest absolute Gasteiger partial charge is 0.444 e. The molecular weight excluding hydrogens is 228 g/mol. The van der Waals surface area contributed by atoms with E-state index < -0.39 is 0 Å². The summed E-state index contributed by atoms with van der Waals surface area (Å²) in [5.74, 6) is 2.59. The highest BCUT2D eigenvalue weighted by molar-refractivity contribution is 5.08. The lowest BCUT2D eigenvalue weighted by Crippen LogP contribution is -2.47. The molecule has 0 amide bonds. The van der Waals surface area contributed by atoms with E-state index in [9.17, 15) is 0 Å². The molecule has 0 N–H and O–H groups in total. The van der Waals surface area contributed by atoms with Gasteiger partial charge in [-0.15, -0.1) is 0 Å². The molecule has 1 aliphatic carbocycles. The molecule has 4 rings (SSSR count). The highest BCUT2D eigenvalue weighted by Crippen LogP contribution is 2.40. The fourth-order valence-electron chi connectivity index (χ4n) is 2.48. The van der Waals surface area contributed by atoms with Crippen LogP contribution < -0.4 is 0 Å².